The van der Waals surface area contributed by atoms with Gasteiger partial charge in [0.1, 0.15) is 6.33 Å². The quantitative estimate of drug-likeness (QED) is 0.736. The lowest BCUT2D eigenvalue weighted by Crippen LogP contribution is -2.41. The van der Waals surface area contributed by atoms with Crippen LogP contribution in [0.2, 0.25) is 0 Å². The van der Waals surface area contributed by atoms with Crippen molar-refractivity contribution in [3.63, 3.8) is 0 Å². The number of nitrogens with zero attached hydrogens (tertiary/aromatic N) is 4. The third kappa shape index (κ3) is 4.83. The van der Waals surface area contributed by atoms with Gasteiger partial charge in [-0.2, -0.15) is 0 Å². The summed E-state index contributed by atoms with van der Waals surface area (Å²) >= 11 is 1.73. The van der Waals surface area contributed by atoms with E-state index >= 15 is 0 Å². The fourth-order valence-corrected chi connectivity index (χ4v) is 4.58. The number of benzene rings is 1. The van der Waals surface area contributed by atoms with Crippen molar-refractivity contribution in [3.8, 4) is 0 Å². The average Bonchev–Trinajstić information content (AvgIpc) is 3.33. The number of amides is 1. The smallest absolute Gasteiger partial charge is 0.223 e. The first-order chi connectivity index (χ1) is 14.2. The first kappa shape index (κ1) is 20.0. The first-order valence-corrected chi connectivity index (χ1v) is 11.7. The fraction of sp³-hybridized carbons (Fsp3) is 0.500. The number of rotatable bonds is 6. The van der Waals surface area contributed by atoms with Crippen LogP contribution in [0.5, 0.6) is 0 Å². The van der Waals surface area contributed by atoms with Crippen molar-refractivity contribution in [2.24, 2.45) is 5.92 Å². The summed E-state index contributed by atoms with van der Waals surface area (Å²) in [6.45, 7) is 4.48. The van der Waals surface area contributed by atoms with E-state index in [2.05, 4.69) is 55.6 Å². The number of hydrogen-bond acceptors (Lipinski definition) is 6. The van der Waals surface area contributed by atoms with E-state index in [9.17, 15) is 4.79 Å². The van der Waals surface area contributed by atoms with Crippen LogP contribution in [0.1, 0.15) is 31.2 Å². The molecule has 1 aromatic carbocycles. The third-order valence-corrected chi connectivity index (χ3v) is 6.65. The van der Waals surface area contributed by atoms with Crippen molar-refractivity contribution in [1.82, 2.24) is 15.3 Å². The predicted octanol–water partition coefficient (Wildman–Crippen LogP) is 3.33. The summed E-state index contributed by atoms with van der Waals surface area (Å²) in [5.74, 6) is 1.30. The number of aromatic nitrogens is 2. The topological polar surface area (TPSA) is 61.4 Å². The van der Waals surface area contributed by atoms with Gasteiger partial charge >= 0.3 is 0 Å². The Bertz CT molecular complexity index is 814. The van der Waals surface area contributed by atoms with Crippen molar-refractivity contribution in [2.75, 3.05) is 42.2 Å². The van der Waals surface area contributed by atoms with E-state index in [4.69, 9.17) is 0 Å². The minimum Gasteiger partial charge on any atom is -0.367 e. The molecule has 0 radical (unpaired) electrons. The number of thioether (sulfide) groups is 1. The standard InChI is InChI=1S/C22H29N5OS/c1-29-19-6-4-17(5-7-19)14-24-22(28)18-8-12-26(13-9-18)20-15-23-16-25-21(20)27-10-2-3-11-27/h4-7,15-16,18H,2-3,8-14H2,1H3,(H,24,28). The number of nitrogens with one attached hydrogen (secondary N) is 1. The Balaban J connectivity index is 1.30. The third-order valence-electron chi connectivity index (χ3n) is 5.91. The lowest BCUT2D eigenvalue weighted by atomic mass is 9.95. The molecule has 0 aliphatic carbocycles. The minimum absolute atomic E-state index is 0.0802. The Morgan fingerprint density at radius 1 is 1.10 bits per heavy atom. The van der Waals surface area contributed by atoms with E-state index in [0.29, 0.717) is 6.54 Å². The van der Waals surface area contributed by atoms with Crippen LogP contribution in [-0.4, -0.2) is 48.3 Å². The molecule has 1 amide bonds. The van der Waals surface area contributed by atoms with Crippen LogP contribution >= 0.6 is 11.8 Å². The Kier molecular flexibility index (Phi) is 6.54. The maximum absolute atomic E-state index is 12.6. The molecule has 29 heavy (non-hydrogen) atoms. The van der Waals surface area contributed by atoms with E-state index < -0.39 is 0 Å². The van der Waals surface area contributed by atoms with E-state index in [1.807, 2.05) is 6.20 Å². The molecule has 0 spiro atoms. The molecule has 0 saturated carbocycles. The van der Waals surface area contributed by atoms with Gasteiger partial charge in [0.05, 0.1) is 11.9 Å². The van der Waals surface area contributed by atoms with Gasteiger partial charge in [-0.3, -0.25) is 4.79 Å². The summed E-state index contributed by atoms with van der Waals surface area (Å²) in [5, 5.41) is 3.12. The van der Waals surface area contributed by atoms with E-state index in [1.54, 1.807) is 18.1 Å². The molecule has 4 rings (SSSR count). The van der Waals surface area contributed by atoms with Crippen LogP contribution in [0.25, 0.3) is 0 Å². The van der Waals surface area contributed by atoms with Crippen molar-refractivity contribution in [2.45, 2.75) is 37.1 Å². The molecule has 2 fully saturated rings. The second-order valence-electron chi connectivity index (χ2n) is 7.75. The minimum atomic E-state index is 0.0802. The number of carbonyl (C=O) groups is 1. The lowest BCUT2D eigenvalue weighted by molar-refractivity contribution is -0.125. The van der Waals surface area contributed by atoms with Gasteiger partial charge in [-0.25, -0.2) is 9.97 Å². The molecule has 0 bridgehead atoms. The van der Waals surface area contributed by atoms with Crippen LogP contribution in [0, 0.1) is 5.92 Å². The fourth-order valence-electron chi connectivity index (χ4n) is 4.17. The highest BCUT2D eigenvalue weighted by atomic mass is 32.2. The SMILES string of the molecule is CSc1ccc(CNC(=O)C2CCN(c3cncnc3N3CCCC3)CC2)cc1. The summed E-state index contributed by atoms with van der Waals surface area (Å²) in [7, 11) is 0. The van der Waals surface area contributed by atoms with Crippen LogP contribution in [0.15, 0.2) is 41.7 Å². The number of hydrogen-bond donors (Lipinski definition) is 1. The number of anilines is 2. The molecule has 1 N–H and O–H groups in total. The number of carbonyl (C=O) groups excluding carboxylic acids is 1. The summed E-state index contributed by atoms with van der Waals surface area (Å²) < 4.78 is 0. The van der Waals surface area contributed by atoms with Gasteiger partial charge in [-0.15, -0.1) is 11.8 Å². The molecule has 2 saturated heterocycles. The maximum Gasteiger partial charge on any atom is 0.223 e. The van der Waals surface area contributed by atoms with Gasteiger partial charge in [0.25, 0.3) is 0 Å². The molecule has 3 heterocycles. The molecule has 154 valence electrons. The van der Waals surface area contributed by atoms with E-state index in [-0.39, 0.29) is 11.8 Å². The molecule has 2 aliphatic rings. The zero-order chi connectivity index (χ0) is 20.1. The summed E-state index contributed by atoms with van der Waals surface area (Å²) in [5.41, 5.74) is 2.26. The monoisotopic (exact) mass is 411 g/mol. The van der Waals surface area contributed by atoms with Crippen molar-refractivity contribution in [3.05, 3.63) is 42.4 Å². The van der Waals surface area contributed by atoms with Gasteiger partial charge in [0.15, 0.2) is 5.82 Å². The lowest BCUT2D eigenvalue weighted by Gasteiger charge is -2.34. The Hall–Kier alpha value is -2.28. The summed E-state index contributed by atoms with van der Waals surface area (Å²) in [4.78, 5) is 27.4. The van der Waals surface area contributed by atoms with Gasteiger partial charge < -0.3 is 15.1 Å². The molecular formula is C22H29N5OS. The second-order valence-corrected chi connectivity index (χ2v) is 8.63. The van der Waals surface area contributed by atoms with Gasteiger partial charge in [0.2, 0.25) is 5.91 Å². The van der Waals surface area contributed by atoms with Crippen LogP contribution < -0.4 is 15.1 Å². The van der Waals surface area contributed by atoms with E-state index in [0.717, 1.165) is 56.1 Å². The first-order valence-electron chi connectivity index (χ1n) is 10.4. The van der Waals surface area contributed by atoms with Gasteiger partial charge in [0, 0.05) is 43.5 Å². The zero-order valence-electron chi connectivity index (χ0n) is 17.0. The maximum atomic E-state index is 12.6. The molecule has 0 unspecified atom stereocenters. The van der Waals surface area contributed by atoms with Crippen molar-refractivity contribution >= 4 is 29.2 Å². The normalized spacial score (nSPS) is 17.6. The van der Waals surface area contributed by atoms with Gasteiger partial charge in [-0.05, 0) is 49.6 Å². The average molecular weight is 412 g/mol. The Morgan fingerprint density at radius 3 is 2.52 bits per heavy atom. The molecule has 0 atom stereocenters. The Morgan fingerprint density at radius 2 is 1.83 bits per heavy atom. The predicted molar refractivity (Wildman–Crippen MR) is 118 cm³/mol. The summed E-state index contributed by atoms with van der Waals surface area (Å²) in [6.07, 6.45) is 9.83. The van der Waals surface area contributed by atoms with Crippen LogP contribution in [0.4, 0.5) is 11.5 Å². The molecule has 2 aliphatic heterocycles. The second kappa shape index (κ2) is 9.48. The van der Waals surface area contributed by atoms with Crippen molar-refractivity contribution in [1.29, 1.82) is 0 Å². The van der Waals surface area contributed by atoms with Crippen molar-refractivity contribution < 1.29 is 4.79 Å². The molecule has 1 aromatic heterocycles. The molecular weight excluding hydrogens is 382 g/mol. The zero-order valence-corrected chi connectivity index (χ0v) is 17.8. The largest absolute Gasteiger partial charge is 0.367 e. The highest BCUT2D eigenvalue weighted by Crippen LogP contribution is 2.31. The number of piperidine rings is 1. The highest BCUT2D eigenvalue weighted by molar-refractivity contribution is 7.98. The Labute approximate surface area is 177 Å². The molecule has 7 heteroatoms. The molecule has 2 aromatic rings. The van der Waals surface area contributed by atoms with Gasteiger partial charge in [-0.1, -0.05) is 12.1 Å². The molecule has 6 nitrogen and oxygen atoms in total. The summed E-state index contributed by atoms with van der Waals surface area (Å²) in [6, 6.07) is 8.38. The van der Waals surface area contributed by atoms with Crippen LogP contribution in [0.3, 0.4) is 0 Å². The van der Waals surface area contributed by atoms with Crippen LogP contribution in [-0.2, 0) is 11.3 Å². The van der Waals surface area contributed by atoms with E-state index in [1.165, 1.54) is 17.7 Å². The highest BCUT2D eigenvalue weighted by Gasteiger charge is 2.28.